The van der Waals surface area contributed by atoms with Crippen molar-refractivity contribution in [1.82, 2.24) is 15.5 Å². The molecule has 0 spiro atoms. The Morgan fingerprint density at radius 2 is 0.767 bits per heavy atom. The number of hydrogen-bond donors (Lipinski definition) is 6. The first-order chi connectivity index (χ1) is 51.4. The second-order valence-corrected chi connectivity index (χ2v) is 26.6. The van der Waals surface area contributed by atoms with E-state index in [1.165, 1.54) is 56.7 Å². The minimum atomic E-state index is -4.75. The summed E-state index contributed by atoms with van der Waals surface area (Å²) < 4.78 is 275. The van der Waals surface area contributed by atoms with Gasteiger partial charge in [-0.1, -0.05) is 33.7 Å². The quantitative estimate of drug-likeness (QED) is 0.0435. The van der Waals surface area contributed by atoms with Crippen LogP contribution in [0.4, 0.5) is 34.7 Å². The Hall–Kier alpha value is -8.94. The average molecular weight is 1370 g/mol. The van der Waals surface area contributed by atoms with E-state index >= 15 is 0 Å². The summed E-state index contributed by atoms with van der Waals surface area (Å²) in [5, 5.41) is 21.4. The van der Waals surface area contributed by atoms with Crippen molar-refractivity contribution in [3.05, 3.63) is 169 Å². The summed E-state index contributed by atoms with van der Waals surface area (Å²) in [5.41, 5.74) is -3.62. The van der Waals surface area contributed by atoms with Crippen molar-refractivity contribution in [3.63, 3.8) is 0 Å². The van der Waals surface area contributed by atoms with Crippen LogP contribution in [0.15, 0.2) is 98.9 Å². The van der Waals surface area contributed by atoms with Gasteiger partial charge in [0.2, 0.25) is 17.7 Å². The lowest BCUT2D eigenvalue weighted by Gasteiger charge is -2.14. The summed E-state index contributed by atoms with van der Waals surface area (Å²) >= 11 is 2.12. The van der Waals surface area contributed by atoms with E-state index in [4.69, 9.17) is 45.1 Å². The zero-order valence-corrected chi connectivity index (χ0v) is 52.6. The number of thiophene rings is 3. The first-order valence-electron chi connectivity index (χ1n) is 36.5. The number of aryl methyl sites for hydroxylation is 9. The van der Waals surface area contributed by atoms with Crippen LogP contribution in [0.2, 0.25) is 0 Å². The molecule has 6 heterocycles. The highest BCUT2D eigenvalue weighted by molar-refractivity contribution is 7.93. The number of amides is 3. The van der Waals surface area contributed by atoms with Crippen LogP contribution in [-0.4, -0.2) is 75.8 Å². The molecule has 474 valence electrons. The van der Waals surface area contributed by atoms with Crippen LogP contribution < -0.4 is 30.1 Å². The van der Waals surface area contributed by atoms with Gasteiger partial charge in [0.15, 0.2) is 17.3 Å². The van der Waals surface area contributed by atoms with Gasteiger partial charge in [0.05, 0.1) is 36.9 Å². The second-order valence-electron chi connectivity index (χ2n) is 18.9. The Kier molecular flexibility index (Phi) is 13.1. The maximum absolute atomic E-state index is 13.3. The molecular formula is C60H63N9O15S6. The molecule has 6 aromatic heterocycles. The molecule has 0 atom stereocenters. The highest BCUT2D eigenvalue weighted by Crippen LogP contribution is 2.34. The summed E-state index contributed by atoms with van der Waals surface area (Å²) in [7, 11) is -13.6. The molecule has 0 aliphatic carbocycles. The molecule has 0 fully saturated rings. The predicted molar refractivity (Wildman–Crippen MR) is 345 cm³/mol. The number of sulfonamides is 3. The number of benzene rings is 3. The van der Waals surface area contributed by atoms with E-state index in [0.717, 1.165) is 40.2 Å². The van der Waals surface area contributed by atoms with Crippen LogP contribution in [-0.2, 0) is 30.1 Å². The van der Waals surface area contributed by atoms with Gasteiger partial charge in [-0.15, -0.1) is 34.0 Å². The van der Waals surface area contributed by atoms with E-state index in [1.807, 2.05) is 9.44 Å². The van der Waals surface area contributed by atoms with Gasteiger partial charge < -0.3 is 29.5 Å². The third kappa shape index (κ3) is 15.4. The molecule has 0 saturated heterocycles. The maximum atomic E-state index is 13.3. The molecule has 3 aromatic carbocycles. The fourth-order valence-electron chi connectivity index (χ4n) is 7.85. The molecule has 30 heteroatoms. The van der Waals surface area contributed by atoms with Crippen molar-refractivity contribution < 1.29 is 99.1 Å². The van der Waals surface area contributed by atoms with E-state index in [9.17, 15) is 54.0 Å². The third-order valence-electron chi connectivity index (χ3n) is 12.3. The van der Waals surface area contributed by atoms with Crippen molar-refractivity contribution >= 4 is 134 Å². The van der Waals surface area contributed by atoms with Gasteiger partial charge in [0.1, 0.15) is 29.3 Å². The fraction of sp³-hybridized carbons (Fsp3) is 0.250. The summed E-state index contributed by atoms with van der Waals surface area (Å²) in [5.74, 6) is -8.95. The molecule has 0 aliphatic heterocycles. The number of rotatable bonds is 18. The monoisotopic (exact) mass is 1360 g/mol. The van der Waals surface area contributed by atoms with Crippen molar-refractivity contribution in [2.45, 2.75) is 118 Å². The number of nitrogens with one attached hydrogen (secondary N) is 6. The lowest BCUT2D eigenvalue weighted by Crippen LogP contribution is -2.20. The van der Waals surface area contributed by atoms with E-state index in [1.54, 1.807) is 27.7 Å². The average Bonchev–Trinajstić information content (AvgIpc) is 1.78. The summed E-state index contributed by atoms with van der Waals surface area (Å²) in [6.07, 6.45) is 0. The van der Waals surface area contributed by atoms with Gasteiger partial charge >= 0.3 is 0 Å². The number of carbonyl (C=O) groups is 6. The number of hydrogen-bond acceptors (Lipinski definition) is 21. The molecule has 0 saturated carbocycles. The Balaban J connectivity index is 0.000000236. The van der Waals surface area contributed by atoms with Crippen LogP contribution in [0.1, 0.15) is 179 Å². The topological polar surface area (TPSA) is 355 Å². The van der Waals surface area contributed by atoms with Crippen molar-refractivity contribution in [3.8, 4) is 0 Å². The van der Waals surface area contributed by atoms with Crippen molar-refractivity contribution in [1.29, 1.82) is 0 Å². The smallest absolute Gasteiger partial charge is 0.267 e. The number of nitrogens with zero attached hydrogens (tertiary/aromatic N) is 3. The Morgan fingerprint density at radius 1 is 0.433 bits per heavy atom. The third-order valence-corrected chi connectivity index (χ3v) is 19.5. The highest BCUT2D eigenvalue weighted by Gasteiger charge is 2.31. The molecule has 3 amide bonds. The molecule has 0 aliphatic rings. The zero-order valence-electron chi connectivity index (χ0n) is 70.7. The fourth-order valence-corrected chi connectivity index (χ4v) is 14.9. The van der Waals surface area contributed by atoms with Gasteiger partial charge in [-0.25, -0.2) is 39.4 Å². The maximum Gasteiger partial charge on any atom is 0.267 e. The van der Waals surface area contributed by atoms with E-state index in [-0.39, 0.29) is 60.9 Å². The molecule has 6 N–H and O–H groups in total. The first kappa shape index (κ1) is 42.9. The molecule has 24 nitrogen and oxygen atoms in total. The van der Waals surface area contributed by atoms with Crippen LogP contribution in [0.5, 0.6) is 0 Å². The summed E-state index contributed by atoms with van der Waals surface area (Å²) in [6, 6.07) is 6.88. The summed E-state index contributed by atoms with van der Waals surface area (Å²) in [4.78, 5) is 74.9. The van der Waals surface area contributed by atoms with Crippen LogP contribution in [0, 0.1) is 82.8 Å². The van der Waals surface area contributed by atoms with Crippen LogP contribution >= 0.6 is 34.0 Å². The minimum Gasteiger partial charge on any atom is -0.337 e. The Morgan fingerprint density at radius 3 is 1.09 bits per heavy atom. The molecular weight excluding hydrogens is 1280 g/mol. The van der Waals surface area contributed by atoms with Gasteiger partial charge in [0, 0.05) is 62.2 Å². The standard InChI is InChI=1S/3C20H21N3O5S2/c3*1-10-8-11(2)17(15(9-10)14(5)24)21-19(25)18-16(6-7-29-18)30(26,27)23-20-12(3)13(4)22-28-20/h3*6-9,23H,1-5H3,(H,21,25)/i1D3,2D3,3D3,5D3;3D3,5D3,9D;5D3,9D. The molecule has 90 heavy (non-hydrogen) atoms. The number of anilines is 6. The number of carbonyl (C=O) groups excluding carboxylic acids is 6. The lowest BCUT2D eigenvalue weighted by molar-refractivity contribution is 0.100. The molecule has 0 unspecified atom stereocenters. The molecule has 9 aromatic rings. The van der Waals surface area contributed by atoms with Crippen LogP contribution in [0.3, 0.4) is 0 Å². The number of Topliss-reactive ketones (excluding diaryl/α,β-unsaturated/α-hetero) is 3. The lowest BCUT2D eigenvalue weighted by atomic mass is 10.0. The molecule has 0 radical (unpaired) electrons. The Bertz CT molecular complexity index is 5650. The Labute approximate surface area is 563 Å². The van der Waals surface area contributed by atoms with Gasteiger partial charge in [0.25, 0.3) is 47.8 Å². The number of aromatic nitrogens is 3. The zero-order chi connectivity index (χ0) is 85.9. The molecule has 0 bridgehead atoms. The summed E-state index contributed by atoms with van der Waals surface area (Å²) in [6.45, 7) is -9.27. The number of ketones is 3. The van der Waals surface area contributed by atoms with Gasteiger partial charge in [-0.3, -0.25) is 28.8 Å². The normalized spacial score (nSPS) is 16.1. The highest BCUT2D eigenvalue weighted by atomic mass is 32.2. The van der Waals surface area contributed by atoms with Gasteiger partial charge in [-0.05, 0) is 189 Å². The van der Waals surface area contributed by atoms with E-state index in [2.05, 4.69) is 36.1 Å². The largest absolute Gasteiger partial charge is 0.337 e. The SMILES string of the molecule is [2H]C([2H])([2H])C(=O)c1cc(C([2H])([2H])[2H])cc(C([2H])([2H])[2H])c1NC(=O)c1sccc1S(=O)(=O)Nc1onc(C)c1C([2H])([2H])[2H].[2H]c1c(C)cc(C)c(NC(=O)c2sccc2S(=O)(=O)Nc2onc(C)c2C([2H])([2H])[2H])c1C(=O)C([2H])([2H])[2H].[2H]c1c(C)cc(C)c(NC(=O)c2sccc2S(=O)(=O)Nc2onc(C)c2C)c1C(=O)C([2H])([2H])[2H]. The predicted octanol–water partition coefficient (Wildman–Crippen LogP) is 12.7. The minimum absolute atomic E-state index is 0.0477. The van der Waals surface area contributed by atoms with Crippen LogP contribution in [0.25, 0.3) is 0 Å². The molecule has 9 rings (SSSR count). The van der Waals surface area contributed by atoms with E-state index in [0.29, 0.717) is 51.4 Å². The van der Waals surface area contributed by atoms with E-state index < -0.39 is 184 Å². The van der Waals surface area contributed by atoms with Crippen molar-refractivity contribution in [2.24, 2.45) is 0 Å². The van der Waals surface area contributed by atoms with Gasteiger partial charge in [-0.2, -0.15) is 0 Å². The van der Waals surface area contributed by atoms with Crippen molar-refractivity contribution in [2.75, 3.05) is 30.1 Å². The first-order valence-corrected chi connectivity index (χ1v) is 32.1. The second kappa shape index (κ2) is 27.4.